The van der Waals surface area contributed by atoms with Gasteiger partial charge in [0, 0.05) is 0 Å². The lowest BCUT2D eigenvalue weighted by Crippen LogP contribution is -2.14. The summed E-state index contributed by atoms with van der Waals surface area (Å²) in [6.45, 7) is 1.76. The van der Waals surface area contributed by atoms with Gasteiger partial charge in [-0.25, -0.2) is 9.37 Å². The summed E-state index contributed by atoms with van der Waals surface area (Å²) in [4.78, 5) is 15.7. The van der Waals surface area contributed by atoms with Gasteiger partial charge in [0.1, 0.15) is 11.6 Å². The van der Waals surface area contributed by atoms with E-state index >= 15 is 0 Å². The first kappa shape index (κ1) is 12.0. The Morgan fingerprint density at radius 1 is 1.33 bits per heavy atom. The maximum Gasteiger partial charge on any atom is 0.259 e. The molecule has 0 radical (unpaired) electrons. The third-order valence-electron chi connectivity index (χ3n) is 2.40. The molecule has 0 atom stereocenters. The molecule has 92 valence electrons. The minimum absolute atomic E-state index is 0.0146. The first-order valence-electron chi connectivity index (χ1n) is 5.35. The number of nitrogens with one attached hydrogen (secondary N) is 1. The zero-order valence-corrected chi connectivity index (χ0v) is 9.77. The molecular formula is C13H12FN3O. The van der Waals surface area contributed by atoms with Crippen molar-refractivity contribution >= 4 is 17.4 Å². The van der Waals surface area contributed by atoms with Gasteiger partial charge < -0.3 is 11.1 Å². The molecule has 0 bridgehead atoms. The molecule has 1 aromatic heterocycles. The topological polar surface area (TPSA) is 68.0 Å². The monoisotopic (exact) mass is 245 g/mol. The third kappa shape index (κ3) is 2.63. The molecule has 0 fully saturated rings. The highest BCUT2D eigenvalue weighted by Crippen LogP contribution is 2.13. The molecule has 3 N–H and O–H groups in total. The van der Waals surface area contributed by atoms with Crippen LogP contribution in [0, 0.1) is 12.7 Å². The van der Waals surface area contributed by atoms with Crippen molar-refractivity contribution in [3.05, 3.63) is 53.5 Å². The lowest BCUT2D eigenvalue weighted by molar-refractivity contribution is 0.102. The Morgan fingerprint density at radius 2 is 2.11 bits per heavy atom. The van der Waals surface area contributed by atoms with Gasteiger partial charge >= 0.3 is 0 Å². The number of aromatic nitrogens is 1. The fourth-order valence-corrected chi connectivity index (χ4v) is 1.47. The number of hydrogen-bond donors (Lipinski definition) is 2. The molecule has 0 aliphatic heterocycles. The highest BCUT2D eigenvalue weighted by atomic mass is 19.1. The first-order chi connectivity index (χ1) is 8.56. The SMILES string of the molecule is Cc1ccc(C(=O)Nc2ccc(N)cn2)c(F)c1. The molecule has 1 aromatic carbocycles. The van der Waals surface area contributed by atoms with Crippen LogP contribution in [0.15, 0.2) is 36.5 Å². The van der Waals surface area contributed by atoms with Gasteiger partial charge in [-0.1, -0.05) is 6.07 Å². The molecule has 4 nitrogen and oxygen atoms in total. The molecule has 0 saturated heterocycles. The average Bonchev–Trinajstić information content (AvgIpc) is 2.32. The van der Waals surface area contributed by atoms with Gasteiger partial charge in [-0.3, -0.25) is 4.79 Å². The lowest BCUT2D eigenvalue weighted by Gasteiger charge is -2.06. The Morgan fingerprint density at radius 3 is 2.72 bits per heavy atom. The first-order valence-corrected chi connectivity index (χ1v) is 5.35. The minimum atomic E-state index is -0.553. The third-order valence-corrected chi connectivity index (χ3v) is 2.40. The Labute approximate surface area is 104 Å². The van der Waals surface area contributed by atoms with Crippen LogP contribution in [-0.4, -0.2) is 10.9 Å². The van der Waals surface area contributed by atoms with Crippen LogP contribution in [0.4, 0.5) is 15.9 Å². The number of nitrogens with two attached hydrogens (primary N) is 1. The molecule has 1 amide bonds. The maximum absolute atomic E-state index is 13.6. The van der Waals surface area contributed by atoms with E-state index in [0.717, 1.165) is 5.56 Å². The van der Waals surface area contributed by atoms with Crippen LogP contribution >= 0.6 is 0 Å². The zero-order valence-electron chi connectivity index (χ0n) is 9.77. The summed E-state index contributed by atoms with van der Waals surface area (Å²) in [6.07, 6.45) is 1.42. The maximum atomic E-state index is 13.6. The van der Waals surface area contributed by atoms with Crippen LogP contribution in [0.1, 0.15) is 15.9 Å². The van der Waals surface area contributed by atoms with E-state index in [1.54, 1.807) is 25.1 Å². The Kier molecular flexibility index (Phi) is 3.23. The van der Waals surface area contributed by atoms with Gasteiger partial charge in [0.05, 0.1) is 17.4 Å². The number of anilines is 2. The van der Waals surface area contributed by atoms with Crippen molar-refractivity contribution in [1.82, 2.24) is 4.98 Å². The number of carbonyl (C=O) groups is 1. The van der Waals surface area contributed by atoms with E-state index < -0.39 is 11.7 Å². The number of aryl methyl sites for hydroxylation is 1. The normalized spacial score (nSPS) is 10.1. The molecule has 5 heteroatoms. The largest absolute Gasteiger partial charge is 0.397 e. The second kappa shape index (κ2) is 4.83. The summed E-state index contributed by atoms with van der Waals surface area (Å²) in [5.41, 5.74) is 6.71. The number of rotatable bonds is 2. The van der Waals surface area contributed by atoms with Crippen LogP contribution < -0.4 is 11.1 Å². The van der Waals surface area contributed by atoms with Gasteiger partial charge in [-0.2, -0.15) is 0 Å². The van der Waals surface area contributed by atoms with Crippen molar-refractivity contribution in [2.45, 2.75) is 6.92 Å². The predicted octanol–water partition coefficient (Wildman–Crippen LogP) is 2.36. The highest BCUT2D eigenvalue weighted by Gasteiger charge is 2.12. The number of carbonyl (C=O) groups excluding carboxylic acids is 1. The number of amides is 1. The molecule has 0 aliphatic carbocycles. The number of nitrogens with zero attached hydrogens (tertiary/aromatic N) is 1. The smallest absolute Gasteiger partial charge is 0.259 e. The average molecular weight is 245 g/mol. The molecule has 0 unspecified atom stereocenters. The van der Waals surface area contributed by atoms with E-state index in [1.165, 1.54) is 18.3 Å². The molecular weight excluding hydrogens is 233 g/mol. The molecule has 2 aromatic rings. The number of nitrogen functional groups attached to an aromatic ring is 1. The quantitative estimate of drug-likeness (QED) is 0.853. The fourth-order valence-electron chi connectivity index (χ4n) is 1.47. The Balaban J connectivity index is 2.19. The molecule has 0 saturated carbocycles. The molecule has 2 rings (SSSR count). The van der Waals surface area contributed by atoms with Gasteiger partial charge in [-0.05, 0) is 36.8 Å². The van der Waals surface area contributed by atoms with E-state index in [4.69, 9.17) is 5.73 Å². The Hall–Kier alpha value is -2.43. The van der Waals surface area contributed by atoms with E-state index in [9.17, 15) is 9.18 Å². The van der Waals surface area contributed by atoms with Crippen molar-refractivity contribution in [3.63, 3.8) is 0 Å². The summed E-state index contributed by atoms with van der Waals surface area (Å²) in [5, 5.41) is 2.50. The van der Waals surface area contributed by atoms with E-state index in [1.807, 2.05) is 0 Å². The Bertz CT molecular complexity index is 581. The second-order valence-corrected chi connectivity index (χ2v) is 3.91. The minimum Gasteiger partial charge on any atom is -0.397 e. The molecule has 1 heterocycles. The highest BCUT2D eigenvalue weighted by molar-refractivity contribution is 6.04. The van der Waals surface area contributed by atoms with Gasteiger partial charge in [0.25, 0.3) is 5.91 Å². The van der Waals surface area contributed by atoms with Crippen LogP contribution in [0.2, 0.25) is 0 Å². The van der Waals surface area contributed by atoms with E-state index in [0.29, 0.717) is 11.5 Å². The number of benzene rings is 1. The van der Waals surface area contributed by atoms with E-state index in [-0.39, 0.29) is 5.56 Å². The standard InChI is InChI=1S/C13H12FN3O/c1-8-2-4-10(11(14)6-8)13(18)17-12-5-3-9(15)7-16-12/h2-7H,15H2,1H3,(H,16,17,18). The van der Waals surface area contributed by atoms with Gasteiger partial charge in [-0.15, -0.1) is 0 Å². The van der Waals surface area contributed by atoms with Gasteiger partial charge in [0.15, 0.2) is 0 Å². The van der Waals surface area contributed by atoms with Crippen LogP contribution in [0.25, 0.3) is 0 Å². The van der Waals surface area contributed by atoms with Crippen molar-refractivity contribution in [1.29, 1.82) is 0 Å². The number of pyridine rings is 1. The van der Waals surface area contributed by atoms with Crippen LogP contribution in [0.5, 0.6) is 0 Å². The summed E-state index contributed by atoms with van der Waals surface area (Å²) in [5.74, 6) is -0.762. The van der Waals surface area contributed by atoms with Gasteiger partial charge in [0.2, 0.25) is 0 Å². The fraction of sp³-hybridized carbons (Fsp3) is 0.0769. The van der Waals surface area contributed by atoms with E-state index in [2.05, 4.69) is 10.3 Å². The predicted molar refractivity (Wildman–Crippen MR) is 67.7 cm³/mol. The summed E-state index contributed by atoms with van der Waals surface area (Å²) in [6, 6.07) is 7.59. The summed E-state index contributed by atoms with van der Waals surface area (Å²) in [7, 11) is 0. The van der Waals surface area contributed by atoms with Crippen LogP contribution in [-0.2, 0) is 0 Å². The van der Waals surface area contributed by atoms with Crippen molar-refractivity contribution in [2.75, 3.05) is 11.1 Å². The van der Waals surface area contributed by atoms with Crippen LogP contribution in [0.3, 0.4) is 0 Å². The lowest BCUT2D eigenvalue weighted by atomic mass is 10.1. The molecule has 0 aliphatic rings. The summed E-state index contributed by atoms with van der Waals surface area (Å²) < 4.78 is 13.6. The summed E-state index contributed by atoms with van der Waals surface area (Å²) >= 11 is 0. The van der Waals surface area contributed by atoms with Crippen molar-refractivity contribution in [3.8, 4) is 0 Å². The number of hydrogen-bond acceptors (Lipinski definition) is 3. The second-order valence-electron chi connectivity index (χ2n) is 3.91. The zero-order chi connectivity index (χ0) is 13.1. The number of halogens is 1. The van der Waals surface area contributed by atoms with Crippen molar-refractivity contribution < 1.29 is 9.18 Å². The molecule has 0 spiro atoms. The van der Waals surface area contributed by atoms with Crippen molar-refractivity contribution in [2.24, 2.45) is 0 Å². The molecule has 18 heavy (non-hydrogen) atoms.